The predicted octanol–water partition coefficient (Wildman–Crippen LogP) is 2.07. The molecular weight excluding hydrogens is 250 g/mol. The molecule has 0 fully saturated rings. The van der Waals surface area contributed by atoms with Crippen molar-refractivity contribution in [1.29, 1.82) is 0 Å². The lowest BCUT2D eigenvalue weighted by molar-refractivity contribution is -0.145. The van der Waals surface area contributed by atoms with Crippen LogP contribution in [0.2, 0.25) is 0 Å². The smallest absolute Gasteiger partial charge is 0.409 e. The van der Waals surface area contributed by atoms with E-state index in [1.54, 1.807) is 34.6 Å². The van der Waals surface area contributed by atoms with Crippen LogP contribution in [0.25, 0.3) is 0 Å². The predicted molar refractivity (Wildman–Crippen MR) is 70.6 cm³/mol. The third-order valence-corrected chi connectivity index (χ3v) is 2.22. The van der Waals surface area contributed by atoms with Gasteiger partial charge in [-0.05, 0) is 27.7 Å². The summed E-state index contributed by atoms with van der Waals surface area (Å²) in [6.45, 7) is 9.20. The number of hydrogen-bond donors (Lipinski definition) is 1. The van der Waals surface area contributed by atoms with Gasteiger partial charge in [-0.15, -0.1) is 0 Å². The molecule has 6 nitrogen and oxygen atoms in total. The zero-order chi connectivity index (χ0) is 15.1. The van der Waals surface area contributed by atoms with Gasteiger partial charge in [-0.2, -0.15) is 0 Å². The van der Waals surface area contributed by atoms with Crippen molar-refractivity contribution >= 4 is 12.1 Å². The minimum atomic E-state index is -0.598. The molecule has 0 aliphatic rings. The lowest BCUT2D eigenvalue weighted by Crippen LogP contribution is -2.44. The minimum Gasteiger partial charge on any atom is -0.466 e. The van der Waals surface area contributed by atoms with Gasteiger partial charge < -0.3 is 14.2 Å². The highest BCUT2D eigenvalue weighted by Gasteiger charge is 2.25. The summed E-state index contributed by atoms with van der Waals surface area (Å²) in [5.41, 5.74) is -0.577. The molecule has 0 spiro atoms. The number of ether oxygens (including phenoxy) is 3. The first kappa shape index (κ1) is 17.7. The molecule has 2 atom stereocenters. The Balaban J connectivity index is 4.33. The van der Waals surface area contributed by atoms with Crippen LogP contribution in [0.3, 0.4) is 0 Å². The fourth-order valence-corrected chi connectivity index (χ4v) is 1.45. The zero-order valence-electron chi connectivity index (χ0n) is 12.6. The van der Waals surface area contributed by atoms with Crippen molar-refractivity contribution in [3.63, 3.8) is 0 Å². The number of amides is 1. The van der Waals surface area contributed by atoms with E-state index in [0.29, 0.717) is 6.61 Å². The van der Waals surface area contributed by atoms with Gasteiger partial charge in [0.05, 0.1) is 13.0 Å². The average Bonchev–Trinajstić information content (AvgIpc) is 2.23. The van der Waals surface area contributed by atoms with E-state index < -0.39 is 17.9 Å². The third kappa shape index (κ3) is 8.42. The Hall–Kier alpha value is -1.30. The molecule has 0 rings (SSSR count). The molecule has 0 aliphatic heterocycles. The van der Waals surface area contributed by atoms with Crippen LogP contribution in [-0.2, 0) is 19.0 Å². The summed E-state index contributed by atoms with van der Waals surface area (Å²) in [7, 11) is 1.46. The van der Waals surface area contributed by atoms with Crippen LogP contribution >= 0.6 is 0 Å². The first-order valence-corrected chi connectivity index (χ1v) is 6.37. The number of carbonyl (C=O) groups excluding carboxylic acids is 2. The first-order valence-electron chi connectivity index (χ1n) is 6.37. The topological polar surface area (TPSA) is 73.9 Å². The number of nitrogens with one attached hydrogen (secondary N) is 1. The molecule has 0 aromatic heterocycles. The molecular formula is C13H25NO5. The highest BCUT2D eigenvalue weighted by Crippen LogP contribution is 2.12. The van der Waals surface area contributed by atoms with Crippen molar-refractivity contribution in [2.75, 3.05) is 13.7 Å². The molecule has 0 bridgehead atoms. The van der Waals surface area contributed by atoms with Gasteiger partial charge in [0.15, 0.2) is 0 Å². The van der Waals surface area contributed by atoms with Gasteiger partial charge in [0.2, 0.25) is 0 Å². The molecule has 0 saturated heterocycles. The molecule has 1 amide bonds. The minimum absolute atomic E-state index is 0.169. The molecule has 19 heavy (non-hydrogen) atoms. The van der Waals surface area contributed by atoms with Gasteiger partial charge in [-0.25, -0.2) is 4.79 Å². The highest BCUT2D eigenvalue weighted by molar-refractivity contribution is 5.70. The summed E-state index contributed by atoms with van der Waals surface area (Å²) in [6, 6.07) is 0. The van der Waals surface area contributed by atoms with Gasteiger partial charge in [-0.3, -0.25) is 10.1 Å². The number of esters is 1. The number of rotatable bonds is 6. The molecule has 6 heteroatoms. The molecule has 0 heterocycles. The quantitative estimate of drug-likeness (QED) is 0.593. The Morgan fingerprint density at radius 2 is 1.84 bits per heavy atom. The average molecular weight is 275 g/mol. The summed E-state index contributed by atoms with van der Waals surface area (Å²) in [5.74, 6) is -0.528. The Labute approximate surface area is 114 Å². The molecule has 0 aliphatic carbocycles. The van der Waals surface area contributed by atoms with Gasteiger partial charge in [0, 0.05) is 13.0 Å². The fourth-order valence-electron chi connectivity index (χ4n) is 1.45. The maximum absolute atomic E-state index is 11.6. The molecule has 0 aromatic rings. The van der Waals surface area contributed by atoms with Crippen molar-refractivity contribution in [1.82, 2.24) is 5.32 Å². The summed E-state index contributed by atoms with van der Waals surface area (Å²) < 4.78 is 15.1. The number of methoxy groups -OCH3 is 1. The van der Waals surface area contributed by atoms with Crippen LogP contribution in [0.1, 0.15) is 41.0 Å². The third-order valence-electron chi connectivity index (χ3n) is 2.22. The van der Waals surface area contributed by atoms with E-state index in [1.807, 2.05) is 0 Å². The van der Waals surface area contributed by atoms with E-state index in [-0.39, 0.29) is 18.3 Å². The number of alkyl carbamates (subject to hydrolysis) is 1. The van der Waals surface area contributed by atoms with Crippen LogP contribution in [-0.4, -0.2) is 37.6 Å². The van der Waals surface area contributed by atoms with E-state index in [1.165, 1.54) is 7.11 Å². The van der Waals surface area contributed by atoms with Crippen molar-refractivity contribution in [2.45, 2.75) is 52.9 Å². The second-order valence-electron chi connectivity index (χ2n) is 5.29. The number of hydrogen-bond acceptors (Lipinski definition) is 5. The van der Waals surface area contributed by atoms with Crippen LogP contribution < -0.4 is 5.32 Å². The molecule has 1 unspecified atom stereocenters. The molecule has 0 saturated carbocycles. The maximum atomic E-state index is 11.6. The van der Waals surface area contributed by atoms with Crippen LogP contribution in [0.4, 0.5) is 4.79 Å². The zero-order valence-corrected chi connectivity index (χ0v) is 12.6. The molecule has 112 valence electrons. The standard InChI is InChI=1S/C13H25NO5/c1-7-18-10(15)8-9(2)11(17-6)14-12(16)19-13(3,4)5/h9,11H,7-8H2,1-6H3,(H,14,16)/t9-,11?/m1/s1. The fraction of sp³-hybridized carbons (Fsp3) is 0.846. The van der Waals surface area contributed by atoms with E-state index >= 15 is 0 Å². The van der Waals surface area contributed by atoms with E-state index in [2.05, 4.69) is 5.32 Å². The van der Waals surface area contributed by atoms with E-state index in [0.717, 1.165) is 0 Å². The maximum Gasteiger partial charge on any atom is 0.409 e. The molecule has 1 N–H and O–H groups in total. The van der Waals surface area contributed by atoms with Crippen LogP contribution in [0, 0.1) is 5.92 Å². The SMILES string of the molecule is CCOC(=O)C[C@@H](C)C(NC(=O)OC(C)(C)C)OC. The van der Waals surface area contributed by atoms with E-state index in [4.69, 9.17) is 14.2 Å². The van der Waals surface area contributed by atoms with Crippen molar-refractivity contribution in [3.8, 4) is 0 Å². The normalized spacial score (nSPS) is 14.4. The van der Waals surface area contributed by atoms with Crippen molar-refractivity contribution < 1.29 is 23.8 Å². The summed E-state index contributed by atoms with van der Waals surface area (Å²) in [6.07, 6.45) is -1.00. The largest absolute Gasteiger partial charge is 0.466 e. The second kappa shape index (κ2) is 7.99. The van der Waals surface area contributed by atoms with Gasteiger partial charge in [0.1, 0.15) is 11.8 Å². The second-order valence-corrected chi connectivity index (χ2v) is 5.29. The van der Waals surface area contributed by atoms with E-state index in [9.17, 15) is 9.59 Å². The summed E-state index contributed by atoms with van der Waals surface area (Å²) >= 11 is 0. The summed E-state index contributed by atoms with van der Waals surface area (Å²) in [5, 5.41) is 2.58. The lowest BCUT2D eigenvalue weighted by atomic mass is 10.1. The first-order chi connectivity index (χ1) is 8.69. The highest BCUT2D eigenvalue weighted by atomic mass is 16.6. The Bertz CT molecular complexity index is 298. The lowest BCUT2D eigenvalue weighted by Gasteiger charge is -2.26. The monoisotopic (exact) mass is 275 g/mol. The van der Waals surface area contributed by atoms with Gasteiger partial charge in [-0.1, -0.05) is 6.92 Å². The summed E-state index contributed by atoms with van der Waals surface area (Å²) in [4.78, 5) is 23.0. The van der Waals surface area contributed by atoms with Crippen molar-refractivity contribution in [3.05, 3.63) is 0 Å². The molecule has 0 aromatic carbocycles. The van der Waals surface area contributed by atoms with Crippen LogP contribution in [0.15, 0.2) is 0 Å². The Morgan fingerprint density at radius 1 is 1.26 bits per heavy atom. The number of carbonyl (C=O) groups is 2. The van der Waals surface area contributed by atoms with Gasteiger partial charge in [0.25, 0.3) is 0 Å². The van der Waals surface area contributed by atoms with Crippen molar-refractivity contribution in [2.24, 2.45) is 5.92 Å². The van der Waals surface area contributed by atoms with Gasteiger partial charge >= 0.3 is 12.1 Å². The Morgan fingerprint density at radius 3 is 2.26 bits per heavy atom. The Kier molecular flexibility index (Phi) is 7.44. The van der Waals surface area contributed by atoms with Crippen LogP contribution in [0.5, 0.6) is 0 Å². The molecule has 0 radical (unpaired) electrons.